The van der Waals surface area contributed by atoms with Gasteiger partial charge in [0.05, 0.1) is 6.04 Å². The molecule has 2 nitrogen and oxygen atoms in total. The van der Waals surface area contributed by atoms with Crippen LogP contribution < -0.4 is 10.2 Å². The van der Waals surface area contributed by atoms with Gasteiger partial charge in [0, 0.05) is 35.2 Å². The molecule has 0 aliphatic carbocycles. The Morgan fingerprint density at radius 2 is 2.06 bits per heavy atom. The first kappa shape index (κ1) is 12.0. The van der Waals surface area contributed by atoms with Gasteiger partial charge in [0.2, 0.25) is 0 Å². The molecule has 1 atom stereocenters. The summed E-state index contributed by atoms with van der Waals surface area (Å²) in [5, 5.41) is 6.41. The van der Waals surface area contributed by atoms with Gasteiger partial charge in [-0.2, -0.15) is 0 Å². The van der Waals surface area contributed by atoms with E-state index in [1.807, 2.05) is 23.5 Å². The Morgan fingerprint density at radius 3 is 2.78 bits per heavy atom. The van der Waals surface area contributed by atoms with Crippen LogP contribution in [0.25, 0.3) is 0 Å². The number of halogens is 1. The molecule has 2 aromatic rings. The molecule has 0 bridgehead atoms. The second-order valence-corrected chi connectivity index (χ2v) is 5.82. The number of nitrogens with zero attached hydrogens (tertiary/aromatic N) is 1. The van der Waals surface area contributed by atoms with E-state index in [4.69, 9.17) is 11.6 Å². The van der Waals surface area contributed by atoms with Crippen molar-refractivity contribution in [1.82, 2.24) is 5.32 Å². The van der Waals surface area contributed by atoms with Gasteiger partial charge in [-0.1, -0.05) is 17.7 Å². The highest BCUT2D eigenvalue weighted by molar-refractivity contribution is 7.10. The van der Waals surface area contributed by atoms with Gasteiger partial charge in [-0.05, 0) is 35.7 Å². The molecule has 2 heterocycles. The summed E-state index contributed by atoms with van der Waals surface area (Å²) in [6.45, 7) is 3.07. The van der Waals surface area contributed by atoms with E-state index in [1.54, 1.807) is 0 Å². The predicted molar refractivity (Wildman–Crippen MR) is 78.7 cm³/mol. The summed E-state index contributed by atoms with van der Waals surface area (Å²) in [5.41, 5.74) is 1.25. The molecule has 1 aliphatic heterocycles. The third-order valence-electron chi connectivity index (χ3n) is 3.27. The van der Waals surface area contributed by atoms with Crippen molar-refractivity contribution >= 4 is 28.6 Å². The Labute approximate surface area is 116 Å². The molecule has 0 radical (unpaired) electrons. The first-order valence-corrected chi connectivity index (χ1v) is 7.37. The normalized spacial score (nSPS) is 20.1. The maximum atomic E-state index is 5.96. The molecule has 18 heavy (non-hydrogen) atoms. The van der Waals surface area contributed by atoms with Gasteiger partial charge in [-0.15, -0.1) is 11.3 Å². The fourth-order valence-electron chi connectivity index (χ4n) is 2.38. The van der Waals surface area contributed by atoms with Crippen LogP contribution >= 0.6 is 22.9 Å². The third-order valence-corrected chi connectivity index (χ3v) is 4.50. The minimum absolute atomic E-state index is 0.430. The van der Waals surface area contributed by atoms with Crippen LogP contribution in [-0.2, 0) is 0 Å². The Morgan fingerprint density at radius 1 is 1.22 bits per heavy atom. The fourth-order valence-corrected chi connectivity index (χ4v) is 3.35. The van der Waals surface area contributed by atoms with Gasteiger partial charge in [0.25, 0.3) is 0 Å². The maximum absolute atomic E-state index is 5.96. The number of hydrogen-bond donors (Lipinski definition) is 1. The SMILES string of the molecule is Clc1ccc(N2CCNCC2c2cccs2)cc1. The van der Waals surface area contributed by atoms with E-state index in [-0.39, 0.29) is 0 Å². The number of hydrogen-bond acceptors (Lipinski definition) is 3. The second-order valence-electron chi connectivity index (χ2n) is 4.41. The lowest BCUT2D eigenvalue weighted by atomic mass is 10.1. The topological polar surface area (TPSA) is 15.3 Å². The van der Waals surface area contributed by atoms with Crippen molar-refractivity contribution in [3.8, 4) is 0 Å². The molecule has 0 amide bonds. The largest absolute Gasteiger partial charge is 0.361 e. The number of nitrogens with one attached hydrogen (secondary N) is 1. The molecule has 1 aromatic carbocycles. The number of anilines is 1. The summed E-state index contributed by atoms with van der Waals surface area (Å²) in [4.78, 5) is 3.87. The van der Waals surface area contributed by atoms with Crippen LogP contribution in [-0.4, -0.2) is 19.6 Å². The Balaban J connectivity index is 1.90. The van der Waals surface area contributed by atoms with Crippen LogP contribution in [0.4, 0.5) is 5.69 Å². The van der Waals surface area contributed by atoms with E-state index in [1.165, 1.54) is 10.6 Å². The smallest absolute Gasteiger partial charge is 0.0759 e. The highest BCUT2D eigenvalue weighted by Crippen LogP contribution is 2.31. The summed E-state index contributed by atoms with van der Waals surface area (Å²) in [5.74, 6) is 0. The Kier molecular flexibility index (Phi) is 3.55. The molecule has 1 aromatic heterocycles. The van der Waals surface area contributed by atoms with Crippen molar-refractivity contribution in [1.29, 1.82) is 0 Å². The van der Waals surface area contributed by atoms with E-state index in [0.29, 0.717) is 6.04 Å². The summed E-state index contributed by atoms with van der Waals surface area (Å²) in [7, 11) is 0. The van der Waals surface area contributed by atoms with Crippen LogP contribution in [0.3, 0.4) is 0 Å². The zero-order valence-corrected chi connectivity index (χ0v) is 11.5. The van der Waals surface area contributed by atoms with Gasteiger partial charge in [-0.3, -0.25) is 0 Å². The molecular weight excluding hydrogens is 264 g/mol. The van der Waals surface area contributed by atoms with Gasteiger partial charge in [0.1, 0.15) is 0 Å². The molecule has 94 valence electrons. The number of benzene rings is 1. The standard InChI is InChI=1S/C14H15ClN2S/c15-11-3-5-12(6-4-11)17-8-7-16-10-13(17)14-2-1-9-18-14/h1-6,9,13,16H,7-8,10H2. The van der Waals surface area contributed by atoms with Crippen molar-refractivity contribution in [3.63, 3.8) is 0 Å². The van der Waals surface area contributed by atoms with Crippen molar-refractivity contribution in [2.75, 3.05) is 24.5 Å². The van der Waals surface area contributed by atoms with Crippen molar-refractivity contribution < 1.29 is 0 Å². The van der Waals surface area contributed by atoms with Crippen LogP contribution in [0.15, 0.2) is 41.8 Å². The van der Waals surface area contributed by atoms with Crippen molar-refractivity contribution in [2.45, 2.75) is 6.04 Å². The summed E-state index contributed by atoms with van der Waals surface area (Å²) < 4.78 is 0. The fraction of sp³-hybridized carbons (Fsp3) is 0.286. The summed E-state index contributed by atoms with van der Waals surface area (Å²) >= 11 is 7.78. The summed E-state index contributed by atoms with van der Waals surface area (Å²) in [6.07, 6.45) is 0. The van der Waals surface area contributed by atoms with Gasteiger partial charge < -0.3 is 10.2 Å². The summed E-state index contributed by atoms with van der Waals surface area (Å²) in [6, 6.07) is 12.9. The van der Waals surface area contributed by atoms with E-state index in [0.717, 1.165) is 24.7 Å². The minimum atomic E-state index is 0.430. The number of thiophene rings is 1. The highest BCUT2D eigenvalue weighted by atomic mass is 35.5. The van der Waals surface area contributed by atoms with Gasteiger partial charge in [0.15, 0.2) is 0 Å². The molecule has 1 unspecified atom stereocenters. The van der Waals surface area contributed by atoms with Crippen molar-refractivity contribution in [2.24, 2.45) is 0 Å². The van der Waals surface area contributed by atoms with Crippen molar-refractivity contribution in [3.05, 3.63) is 51.7 Å². The zero-order valence-electron chi connectivity index (χ0n) is 9.97. The van der Waals surface area contributed by atoms with E-state index in [2.05, 4.69) is 39.9 Å². The molecule has 0 saturated carbocycles. The first-order valence-electron chi connectivity index (χ1n) is 6.11. The lowest BCUT2D eigenvalue weighted by molar-refractivity contribution is 0.495. The lowest BCUT2D eigenvalue weighted by Gasteiger charge is -2.37. The average molecular weight is 279 g/mol. The van der Waals surface area contributed by atoms with E-state index < -0.39 is 0 Å². The van der Waals surface area contributed by atoms with Crippen LogP contribution in [0.2, 0.25) is 5.02 Å². The molecule has 1 saturated heterocycles. The third kappa shape index (κ3) is 2.39. The molecule has 4 heteroatoms. The van der Waals surface area contributed by atoms with Gasteiger partial charge in [-0.25, -0.2) is 0 Å². The van der Waals surface area contributed by atoms with Crippen LogP contribution in [0.1, 0.15) is 10.9 Å². The first-order chi connectivity index (χ1) is 8.84. The number of rotatable bonds is 2. The van der Waals surface area contributed by atoms with E-state index in [9.17, 15) is 0 Å². The molecular formula is C14H15ClN2S. The minimum Gasteiger partial charge on any atom is -0.361 e. The predicted octanol–water partition coefficient (Wildman–Crippen LogP) is 3.55. The van der Waals surface area contributed by atoms with Crippen LogP contribution in [0, 0.1) is 0 Å². The molecule has 1 aliphatic rings. The Hall–Kier alpha value is -1.03. The monoisotopic (exact) mass is 278 g/mol. The molecule has 1 N–H and O–H groups in total. The molecule has 1 fully saturated rings. The second kappa shape index (κ2) is 5.31. The average Bonchev–Trinajstić information content (AvgIpc) is 2.93. The number of piperazine rings is 1. The quantitative estimate of drug-likeness (QED) is 0.904. The van der Waals surface area contributed by atoms with Crippen LogP contribution in [0.5, 0.6) is 0 Å². The Bertz CT molecular complexity index is 495. The maximum Gasteiger partial charge on any atom is 0.0759 e. The highest BCUT2D eigenvalue weighted by Gasteiger charge is 2.24. The van der Waals surface area contributed by atoms with Gasteiger partial charge >= 0.3 is 0 Å². The zero-order chi connectivity index (χ0) is 12.4. The lowest BCUT2D eigenvalue weighted by Crippen LogP contribution is -2.45. The molecule has 0 spiro atoms. The molecule has 3 rings (SSSR count). The van der Waals surface area contributed by atoms with E-state index >= 15 is 0 Å².